The molecule has 3 nitrogen and oxygen atoms in total. The molecule has 3 rings (SSSR count). The molecule has 0 aliphatic heterocycles. The molecule has 0 aliphatic carbocycles. The SMILES string of the molecule is CC(N)c1ccc(Cl)c(-c2cnn(-c3ccccc3)c2)c1. The van der Waals surface area contributed by atoms with Gasteiger partial charge in [0.15, 0.2) is 0 Å². The number of hydrogen-bond acceptors (Lipinski definition) is 2. The molecule has 0 bridgehead atoms. The van der Waals surface area contributed by atoms with Crippen LogP contribution in [-0.2, 0) is 0 Å². The van der Waals surface area contributed by atoms with Crippen molar-refractivity contribution in [3.05, 3.63) is 71.5 Å². The third-order valence-corrected chi connectivity index (χ3v) is 3.76. The van der Waals surface area contributed by atoms with Gasteiger partial charge in [0.05, 0.1) is 11.9 Å². The van der Waals surface area contributed by atoms with Crippen LogP contribution in [0.5, 0.6) is 0 Å². The Balaban J connectivity index is 2.02. The van der Waals surface area contributed by atoms with E-state index in [4.69, 9.17) is 17.3 Å². The standard InChI is InChI=1S/C17H16ClN3/c1-12(19)13-7-8-17(18)16(9-13)14-10-20-21(11-14)15-5-3-2-4-6-15/h2-12H,19H2,1H3. The van der Waals surface area contributed by atoms with Crippen molar-refractivity contribution < 1.29 is 0 Å². The summed E-state index contributed by atoms with van der Waals surface area (Å²) < 4.78 is 1.84. The van der Waals surface area contributed by atoms with Gasteiger partial charge in [0.1, 0.15) is 0 Å². The van der Waals surface area contributed by atoms with E-state index in [9.17, 15) is 0 Å². The number of benzene rings is 2. The fourth-order valence-electron chi connectivity index (χ4n) is 2.23. The highest BCUT2D eigenvalue weighted by Gasteiger charge is 2.10. The fraction of sp³-hybridized carbons (Fsp3) is 0.118. The van der Waals surface area contributed by atoms with Crippen LogP contribution in [0.15, 0.2) is 60.9 Å². The van der Waals surface area contributed by atoms with Crippen LogP contribution in [0.25, 0.3) is 16.8 Å². The summed E-state index contributed by atoms with van der Waals surface area (Å²) in [4.78, 5) is 0. The summed E-state index contributed by atoms with van der Waals surface area (Å²) in [6.07, 6.45) is 3.79. The zero-order chi connectivity index (χ0) is 14.8. The van der Waals surface area contributed by atoms with E-state index in [1.807, 2.05) is 72.5 Å². The highest BCUT2D eigenvalue weighted by molar-refractivity contribution is 6.33. The summed E-state index contributed by atoms with van der Waals surface area (Å²) in [7, 11) is 0. The number of nitrogens with two attached hydrogens (primary N) is 1. The molecule has 1 heterocycles. The van der Waals surface area contributed by atoms with Gasteiger partial charge in [0.25, 0.3) is 0 Å². The molecule has 0 radical (unpaired) electrons. The Morgan fingerprint density at radius 2 is 1.90 bits per heavy atom. The maximum Gasteiger partial charge on any atom is 0.0645 e. The van der Waals surface area contributed by atoms with Crippen molar-refractivity contribution >= 4 is 11.6 Å². The van der Waals surface area contributed by atoms with Gasteiger partial charge in [-0.1, -0.05) is 35.9 Å². The van der Waals surface area contributed by atoms with E-state index in [0.29, 0.717) is 5.02 Å². The molecule has 2 N–H and O–H groups in total. The van der Waals surface area contributed by atoms with Crippen molar-refractivity contribution in [3.63, 3.8) is 0 Å². The van der Waals surface area contributed by atoms with Gasteiger partial charge in [-0.25, -0.2) is 4.68 Å². The lowest BCUT2D eigenvalue weighted by Crippen LogP contribution is -2.04. The Morgan fingerprint density at radius 1 is 1.14 bits per heavy atom. The first-order valence-corrected chi connectivity index (χ1v) is 7.18. The molecule has 2 aromatic carbocycles. The molecule has 3 aromatic rings. The van der Waals surface area contributed by atoms with Crippen LogP contribution in [0.4, 0.5) is 0 Å². The van der Waals surface area contributed by atoms with Gasteiger partial charge in [-0.15, -0.1) is 0 Å². The van der Waals surface area contributed by atoms with E-state index in [1.54, 1.807) is 0 Å². The monoisotopic (exact) mass is 297 g/mol. The molecule has 0 aliphatic rings. The number of para-hydroxylation sites is 1. The zero-order valence-corrected chi connectivity index (χ0v) is 12.5. The molecule has 0 amide bonds. The van der Waals surface area contributed by atoms with Crippen molar-refractivity contribution in [3.8, 4) is 16.8 Å². The maximum absolute atomic E-state index is 6.31. The Bertz CT molecular complexity index is 748. The van der Waals surface area contributed by atoms with E-state index in [2.05, 4.69) is 5.10 Å². The van der Waals surface area contributed by atoms with Crippen molar-refractivity contribution in [2.45, 2.75) is 13.0 Å². The summed E-state index contributed by atoms with van der Waals surface area (Å²) in [6.45, 7) is 1.96. The minimum absolute atomic E-state index is 0.0230. The average Bonchev–Trinajstić information content (AvgIpc) is 2.98. The molecule has 0 fully saturated rings. The topological polar surface area (TPSA) is 43.8 Å². The second-order valence-corrected chi connectivity index (χ2v) is 5.44. The molecular weight excluding hydrogens is 282 g/mol. The summed E-state index contributed by atoms with van der Waals surface area (Å²) in [5, 5.41) is 5.11. The third-order valence-electron chi connectivity index (χ3n) is 3.43. The summed E-state index contributed by atoms with van der Waals surface area (Å²) >= 11 is 6.31. The van der Waals surface area contributed by atoms with Crippen molar-refractivity contribution in [1.82, 2.24) is 9.78 Å². The molecule has 0 saturated heterocycles. The smallest absolute Gasteiger partial charge is 0.0645 e. The van der Waals surface area contributed by atoms with Crippen LogP contribution >= 0.6 is 11.6 Å². The van der Waals surface area contributed by atoms with Crippen LogP contribution in [0.2, 0.25) is 5.02 Å². The van der Waals surface area contributed by atoms with Gasteiger partial charge in [-0.3, -0.25) is 0 Å². The molecule has 106 valence electrons. The number of nitrogens with zero attached hydrogens (tertiary/aromatic N) is 2. The molecule has 1 aromatic heterocycles. The highest BCUT2D eigenvalue weighted by Crippen LogP contribution is 2.30. The van der Waals surface area contributed by atoms with Gasteiger partial charge in [-0.05, 0) is 36.8 Å². The van der Waals surface area contributed by atoms with Crippen molar-refractivity contribution in [2.75, 3.05) is 0 Å². The van der Waals surface area contributed by atoms with Crippen LogP contribution in [0, 0.1) is 0 Å². The van der Waals surface area contributed by atoms with Crippen LogP contribution < -0.4 is 5.73 Å². The molecular formula is C17H16ClN3. The lowest BCUT2D eigenvalue weighted by atomic mass is 10.0. The molecule has 21 heavy (non-hydrogen) atoms. The highest BCUT2D eigenvalue weighted by atomic mass is 35.5. The lowest BCUT2D eigenvalue weighted by molar-refractivity contribution is 0.819. The second kappa shape index (κ2) is 5.72. The van der Waals surface area contributed by atoms with E-state index in [0.717, 1.165) is 22.4 Å². The first-order chi connectivity index (χ1) is 10.1. The Labute approximate surface area is 129 Å². The normalized spacial score (nSPS) is 12.3. The second-order valence-electron chi connectivity index (χ2n) is 5.04. The van der Waals surface area contributed by atoms with Crippen molar-refractivity contribution in [1.29, 1.82) is 0 Å². The lowest BCUT2D eigenvalue weighted by Gasteiger charge is -2.09. The van der Waals surface area contributed by atoms with E-state index in [1.165, 1.54) is 0 Å². The minimum Gasteiger partial charge on any atom is -0.324 e. The first-order valence-electron chi connectivity index (χ1n) is 6.80. The maximum atomic E-state index is 6.31. The minimum atomic E-state index is -0.0230. The Hall–Kier alpha value is -2.10. The third kappa shape index (κ3) is 2.84. The predicted octanol–water partition coefficient (Wildman–Crippen LogP) is 4.21. The quantitative estimate of drug-likeness (QED) is 0.787. The van der Waals surface area contributed by atoms with Crippen LogP contribution in [-0.4, -0.2) is 9.78 Å². The summed E-state index contributed by atoms with van der Waals surface area (Å²) in [5.41, 5.74) is 9.95. The summed E-state index contributed by atoms with van der Waals surface area (Å²) in [5.74, 6) is 0. The Morgan fingerprint density at radius 3 is 2.62 bits per heavy atom. The average molecular weight is 298 g/mol. The molecule has 0 saturated carbocycles. The van der Waals surface area contributed by atoms with Crippen LogP contribution in [0.3, 0.4) is 0 Å². The number of aromatic nitrogens is 2. The zero-order valence-electron chi connectivity index (χ0n) is 11.7. The van der Waals surface area contributed by atoms with E-state index >= 15 is 0 Å². The van der Waals surface area contributed by atoms with E-state index < -0.39 is 0 Å². The van der Waals surface area contributed by atoms with Gasteiger partial charge in [0, 0.05) is 28.4 Å². The van der Waals surface area contributed by atoms with Crippen molar-refractivity contribution in [2.24, 2.45) is 5.73 Å². The molecule has 4 heteroatoms. The first kappa shape index (κ1) is 13.9. The summed E-state index contributed by atoms with van der Waals surface area (Å²) in [6, 6.07) is 15.8. The van der Waals surface area contributed by atoms with Gasteiger partial charge >= 0.3 is 0 Å². The van der Waals surface area contributed by atoms with Gasteiger partial charge in [0.2, 0.25) is 0 Å². The van der Waals surface area contributed by atoms with Gasteiger partial charge in [-0.2, -0.15) is 5.10 Å². The van der Waals surface area contributed by atoms with Gasteiger partial charge < -0.3 is 5.73 Å². The fourth-order valence-corrected chi connectivity index (χ4v) is 2.46. The number of rotatable bonds is 3. The number of halogens is 1. The number of hydrogen-bond donors (Lipinski definition) is 1. The van der Waals surface area contributed by atoms with E-state index in [-0.39, 0.29) is 6.04 Å². The van der Waals surface area contributed by atoms with Crippen LogP contribution in [0.1, 0.15) is 18.5 Å². The molecule has 1 unspecified atom stereocenters. The largest absolute Gasteiger partial charge is 0.324 e. The predicted molar refractivity (Wildman–Crippen MR) is 86.6 cm³/mol. The Kier molecular flexibility index (Phi) is 3.78. The molecule has 1 atom stereocenters. The molecule has 0 spiro atoms.